The number of anilines is 1. The van der Waals surface area contributed by atoms with Gasteiger partial charge in [-0.05, 0) is 86.0 Å². The Hall–Kier alpha value is -3.58. The van der Waals surface area contributed by atoms with Crippen LogP contribution in [0.5, 0.6) is 0 Å². The molecule has 3 aromatic rings. The van der Waals surface area contributed by atoms with Gasteiger partial charge in [-0.25, -0.2) is 0 Å². The molecule has 0 spiro atoms. The van der Waals surface area contributed by atoms with E-state index in [1.54, 1.807) is 37.4 Å². The maximum absolute atomic E-state index is 13.4. The van der Waals surface area contributed by atoms with E-state index >= 15 is 0 Å². The lowest BCUT2D eigenvalue weighted by Gasteiger charge is -2.13. The lowest BCUT2D eigenvalue weighted by atomic mass is 10.00. The highest BCUT2D eigenvalue weighted by Gasteiger charge is 2.30. The maximum atomic E-state index is 13.4. The molecular weight excluding hydrogens is 501 g/mol. The first kappa shape index (κ1) is 28.0. The molecule has 0 fully saturated rings. The van der Waals surface area contributed by atoms with E-state index in [4.69, 9.17) is 11.6 Å². The van der Waals surface area contributed by atoms with Gasteiger partial charge in [-0.2, -0.15) is 13.2 Å². The predicted octanol–water partition coefficient (Wildman–Crippen LogP) is 6.14. The molecule has 3 rings (SSSR count). The minimum Gasteiger partial charge on any atom is -0.322 e. The maximum Gasteiger partial charge on any atom is 0.416 e. The number of alkyl halides is 3. The van der Waals surface area contributed by atoms with Crippen LogP contribution in [0.4, 0.5) is 18.9 Å². The number of nitrogens with zero attached hydrogens (tertiary/aromatic N) is 1. The summed E-state index contributed by atoms with van der Waals surface area (Å²) in [7, 11) is 1.67. The Balaban J connectivity index is 2.08. The zero-order valence-corrected chi connectivity index (χ0v) is 22.0. The smallest absolute Gasteiger partial charge is 0.322 e. The number of aromatic nitrogens is 1. The number of benzene rings is 2. The van der Waals surface area contributed by atoms with Gasteiger partial charge in [-0.15, -0.1) is 0 Å². The molecule has 0 saturated carbocycles. The van der Waals surface area contributed by atoms with Crippen LogP contribution in [-0.2, 0) is 13.2 Å². The number of nitrogens with one attached hydrogen (secondary N) is 1. The van der Waals surface area contributed by atoms with Gasteiger partial charge in [0.25, 0.3) is 11.5 Å². The van der Waals surface area contributed by atoms with Crippen LogP contribution in [0.3, 0.4) is 0 Å². The summed E-state index contributed by atoms with van der Waals surface area (Å²) >= 11 is 6.45. The van der Waals surface area contributed by atoms with Gasteiger partial charge >= 0.3 is 6.18 Å². The van der Waals surface area contributed by atoms with Gasteiger partial charge in [0.2, 0.25) is 0 Å². The van der Waals surface area contributed by atoms with Gasteiger partial charge < -0.3 is 9.88 Å². The molecule has 0 unspecified atom stereocenters. The first-order valence-electron chi connectivity index (χ1n) is 11.7. The molecule has 0 saturated heterocycles. The minimum atomic E-state index is -4.56. The Kier molecular flexibility index (Phi) is 8.49. The monoisotopic (exact) mass is 528 g/mol. The van der Waals surface area contributed by atoms with Crippen molar-refractivity contribution < 1.29 is 18.0 Å². The predicted molar refractivity (Wildman–Crippen MR) is 144 cm³/mol. The van der Waals surface area contributed by atoms with Crippen molar-refractivity contribution in [1.82, 2.24) is 4.57 Å². The Bertz CT molecular complexity index is 1570. The fourth-order valence-electron chi connectivity index (χ4n) is 3.82. The summed E-state index contributed by atoms with van der Waals surface area (Å²) in [6.45, 7) is 7.64. The molecule has 1 heterocycles. The van der Waals surface area contributed by atoms with Crippen LogP contribution in [0.15, 0.2) is 63.9 Å². The van der Waals surface area contributed by atoms with E-state index in [1.807, 2.05) is 33.8 Å². The van der Waals surface area contributed by atoms with E-state index in [0.717, 1.165) is 34.9 Å². The molecule has 0 bridgehead atoms. The van der Waals surface area contributed by atoms with E-state index < -0.39 is 17.6 Å². The molecule has 1 aromatic heterocycles. The lowest BCUT2D eigenvalue weighted by Crippen LogP contribution is -2.42. The van der Waals surface area contributed by atoms with E-state index in [9.17, 15) is 22.8 Å². The minimum absolute atomic E-state index is 0.122. The van der Waals surface area contributed by atoms with Crippen molar-refractivity contribution in [1.29, 1.82) is 0 Å². The number of hydrogen-bond acceptors (Lipinski definition) is 2. The Labute approximate surface area is 218 Å². The second-order valence-corrected chi connectivity index (χ2v) is 9.15. The molecule has 1 N–H and O–H groups in total. The van der Waals surface area contributed by atoms with Crippen LogP contribution in [0.1, 0.15) is 48.7 Å². The van der Waals surface area contributed by atoms with Crippen LogP contribution < -0.4 is 21.4 Å². The van der Waals surface area contributed by atoms with Crippen molar-refractivity contribution in [2.75, 3.05) is 5.32 Å². The van der Waals surface area contributed by atoms with Crippen LogP contribution >= 0.6 is 11.6 Å². The van der Waals surface area contributed by atoms with Crippen molar-refractivity contribution in [3.05, 3.63) is 96.7 Å². The number of aryl methyl sites for hydroxylation is 1. The SMILES string of the molecule is C/C=c1/cc(-c2cc(NC(=O)c3cccc(C(F)(F)F)c3)ccc2C)c(=O)n(C)/c1=C/C(Cl)=C(\C)CC. The number of carbonyl (C=O) groups is 1. The molecule has 2 aromatic carbocycles. The summed E-state index contributed by atoms with van der Waals surface area (Å²) in [5.41, 5.74) is 1.90. The normalized spacial score (nSPS) is 13.5. The number of carbonyl (C=O) groups excluding carboxylic acids is 1. The van der Waals surface area contributed by atoms with Crippen molar-refractivity contribution in [3.63, 3.8) is 0 Å². The Morgan fingerprint density at radius 1 is 1.11 bits per heavy atom. The molecular formula is C29H28ClF3N2O2. The standard InChI is InChI=1S/C29H28ClF3N2O2/c1-6-17(3)25(30)16-26-19(7-2)14-24(28(37)35(26)5)23-15-22(12-11-18(23)4)34-27(36)20-9-8-10-21(13-20)29(31,32)33/h7-16H,6H2,1-5H3,(H,34,36)/b19-7-,25-17-,26-16+. The second kappa shape index (κ2) is 11.2. The molecule has 4 nitrogen and oxygen atoms in total. The summed E-state index contributed by atoms with van der Waals surface area (Å²) in [6, 6.07) is 11.0. The molecule has 0 atom stereocenters. The number of hydrogen-bond donors (Lipinski definition) is 1. The topological polar surface area (TPSA) is 51.1 Å². The highest BCUT2D eigenvalue weighted by Crippen LogP contribution is 2.30. The Morgan fingerprint density at radius 2 is 1.81 bits per heavy atom. The molecule has 0 aliphatic carbocycles. The molecule has 37 heavy (non-hydrogen) atoms. The van der Waals surface area contributed by atoms with Crippen LogP contribution in [0, 0.1) is 6.92 Å². The fourth-order valence-corrected chi connectivity index (χ4v) is 4.06. The highest BCUT2D eigenvalue weighted by atomic mass is 35.5. The van der Waals surface area contributed by atoms with Crippen molar-refractivity contribution in [3.8, 4) is 11.1 Å². The third-order valence-corrected chi connectivity index (χ3v) is 6.67. The summed E-state index contributed by atoms with van der Waals surface area (Å²) in [6.07, 6.45) is -0.112. The molecule has 1 amide bonds. The quantitative estimate of drug-likeness (QED) is 0.433. The van der Waals surface area contributed by atoms with Crippen LogP contribution in [0.25, 0.3) is 23.3 Å². The fraction of sp³-hybridized carbons (Fsp3) is 0.241. The lowest BCUT2D eigenvalue weighted by molar-refractivity contribution is -0.137. The molecule has 0 radical (unpaired) electrons. The van der Waals surface area contributed by atoms with Crippen LogP contribution in [-0.4, -0.2) is 10.5 Å². The largest absolute Gasteiger partial charge is 0.416 e. The van der Waals surface area contributed by atoms with Crippen molar-refractivity contribution in [2.24, 2.45) is 7.05 Å². The van der Waals surface area contributed by atoms with E-state index in [-0.39, 0.29) is 11.1 Å². The van der Waals surface area contributed by atoms with E-state index in [2.05, 4.69) is 5.32 Å². The van der Waals surface area contributed by atoms with Crippen molar-refractivity contribution >= 4 is 35.3 Å². The van der Waals surface area contributed by atoms with E-state index in [1.165, 1.54) is 16.7 Å². The number of allylic oxidation sites excluding steroid dienone is 2. The van der Waals surface area contributed by atoms with Gasteiger partial charge in [0.05, 0.1) is 10.9 Å². The second-order valence-electron chi connectivity index (χ2n) is 8.74. The van der Waals surface area contributed by atoms with Gasteiger partial charge in [0.1, 0.15) is 0 Å². The van der Waals surface area contributed by atoms with Crippen LogP contribution in [0.2, 0.25) is 0 Å². The first-order chi connectivity index (χ1) is 17.4. The Morgan fingerprint density at radius 3 is 2.43 bits per heavy atom. The third-order valence-electron chi connectivity index (χ3n) is 6.24. The average Bonchev–Trinajstić information content (AvgIpc) is 2.87. The number of pyridine rings is 1. The molecule has 194 valence electrons. The summed E-state index contributed by atoms with van der Waals surface area (Å²) in [4.78, 5) is 26.1. The number of amides is 1. The third kappa shape index (κ3) is 6.23. The highest BCUT2D eigenvalue weighted by molar-refractivity contribution is 6.34. The van der Waals surface area contributed by atoms with Gasteiger partial charge in [-0.1, -0.05) is 42.3 Å². The summed E-state index contributed by atoms with van der Waals surface area (Å²) in [5.74, 6) is -0.686. The zero-order valence-electron chi connectivity index (χ0n) is 21.3. The first-order valence-corrected chi connectivity index (χ1v) is 12.1. The molecule has 8 heteroatoms. The zero-order chi connectivity index (χ0) is 27.5. The average molecular weight is 529 g/mol. The summed E-state index contributed by atoms with van der Waals surface area (Å²) in [5, 5.41) is 4.68. The molecule has 0 aliphatic heterocycles. The summed E-state index contributed by atoms with van der Waals surface area (Å²) < 4.78 is 40.7. The number of rotatable bonds is 5. The van der Waals surface area contributed by atoms with E-state index in [0.29, 0.717) is 27.2 Å². The van der Waals surface area contributed by atoms with Gasteiger partial charge in [0.15, 0.2) is 0 Å². The van der Waals surface area contributed by atoms with Crippen molar-refractivity contribution in [2.45, 2.75) is 40.3 Å². The van der Waals surface area contributed by atoms with Gasteiger partial charge in [0, 0.05) is 28.9 Å². The number of halogens is 4. The molecule has 0 aliphatic rings. The van der Waals surface area contributed by atoms with Gasteiger partial charge in [-0.3, -0.25) is 9.59 Å².